The van der Waals surface area contributed by atoms with Gasteiger partial charge in [0, 0.05) is 0 Å². The number of carboxylic acid groups (broad SMARTS) is 1. The van der Waals surface area contributed by atoms with Crippen molar-refractivity contribution >= 4 is 16.9 Å². The lowest BCUT2D eigenvalue weighted by atomic mass is 10.1. The molecule has 7 nitrogen and oxygen atoms in total. The smallest absolute Gasteiger partial charge is 0.383 e. The first kappa shape index (κ1) is 22.1. The molecule has 0 spiro atoms. The van der Waals surface area contributed by atoms with E-state index in [9.17, 15) is 14.7 Å². The van der Waals surface area contributed by atoms with E-state index in [1.807, 2.05) is 26.8 Å². The van der Waals surface area contributed by atoms with Crippen LogP contribution in [0, 0.1) is 0 Å². The highest BCUT2D eigenvalue weighted by Crippen LogP contribution is 2.37. The molecule has 0 unspecified atom stereocenters. The lowest BCUT2D eigenvalue weighted by molar-refractivity contribution is -0.137. The van der Waals surface area contributed by atoms with Gasteiger partial charge in [0.15, 0.2) is 5.75 Å². The first-order valence-corrected chi connectivity index (χ1v) is 9.34. The molecule has 2 rings (SSSR count). The molecule has 0 aliphatic carbocycles. The topological polar surface area (TPSA) is 106 Å². The molecule has 7 heteroatoms. The summed E-state index contributed by atoms with van der Waals surface area (Å²) in [5.41, 5.74) is 1.69. The van der Waals surface area contributed by atoms with Crippen molar-refractivity contribution in [1.29, 1.82) is 0 Å². The molecule has 0 amide bonds. The van der Waals surface area contributed by atoms with Gasteiger partial charge in [-0.05, 0) is 51.8 Å². The van der Waals surface area contributed by atoms with Crippen LogP contribution in [0.1, 0.15) is 40.0 Å². The molecule has 1 aromatic carbocycles. The van der Waals surface area contributed by atoms with Crippen molar-refractivity contribution in [2.75, 3.05) is 13.2 Å². The van der Waals surface area contributed by atoms with Crippen molar-refractivity contribution in [3.8, 4) is 17.2 Å². The molecule has 0 saturated heterocycles. The fourth-order valence-electron chi connectivity index (χ4n) is 2.64. The van der Waals surface area contributed by atoms with E-state index in [1.54, 1.807) is 12.1 Å². The van der Waals surface area contributed by atoms with Crippen molar-refractivity contribution in [3.05, 3.63) is 51.9 Å². The SMILES string of the molecule is CC(C)=CCC/C(C)=C/COc1c(O)c2c(OCCC(=O)O)cccc2oc1=O. The Hall–Kier alpha value is -3.22. The van der Waals surface area contributed by atoms with Crippen LogP contribution < -0.4 is 15.1 Å². The number of carbonyl (C=O) groups is 1. The summed E-state index contributed by atoms with van der Waals surface area (Å²) in [5.74, 6) is -1.49. The molecule has 0 saturated carbocycles. The van der Waals surface area contributed by atoms with Crippen LogP contribution in [-0.2, 0) is 4.79 Å². The van der Waals surface area contributed by atoms with Gasteiger partial charge >= 0.3 is 11.6 Å². The molecule has 0 fully saturated rings. The van der Waals surface area contributed by atoms with Crippen LogP contribution in [0.5, 0.6) is 17.2 Å². The largest absolute Gasteiger partial charge is 0.503 e. The van der Waals surface area contributed by atoms with E-state index in [4.69, 9.17) is 19.0 Å². The van der Waals surface area contributed by atoms with Crippen LogP contribution in [0.4, 0.5) is 0 Å². The maximum absolute atomic E-state index is 12.2. The Morgan fingerprint density at radius 2 is 1.90 bits per heavy atom. The lowest BCUT2D eigenvalue weighted by Crippen LogP contribution is -2.09. The zero-order valence-electron chi connectivity index (χ0n) is 16.9. The molecular formula is C22H26O7. The van der Waals surface area contributed by atoms with Gasteiger partial charge in [0.1, 0.15) is 23.3 Å². The third kappa shape index (κ3) is 6.41. The maximum Gasteiger partial charge on any atom is 0.383 e. The summed E-state index contributed by atoms with van der Waals surface area (Å²) < 4.78 is 16.1. The predicted octanol–water partition coefficient (Wildman–Crippen LogP) is 4.42. The predicted molar refractivity (Wildman–Crippen MR) is 110 cm³/mol. The van der Waals surface area contributed by atoms with Crippen LogP contribution in [0.3, 0.4) is 0 Å². The quantitative estimate of drug-likeness (QED) is 0.447. The van der Waals surface area contributed by atoms with E-state index in [-0.39, 0.29) is 42.1 Å². The average molecular weight is 402 g/mol. The van der Waals surface area contributed by atoms with Gasteiger partial charge in [0.25, 0.3) is 0 Å². The Labute approximate surface area is 168 Å². The van der Waals surface area contributed by atoms with Gasteiger partial charge in [-0.1, -0.05) is 23.3 Å². The van der Waals surface area contributed by atoms with Crippen molar-refractivity contribution < 1.29 is 28.9 Å². The molecule has 0 radical (unpaired) electrons. The highest BCUT2D eigenvalue weighted by molar-refractivity contribution is 5.91. The average Bonchev–Trinajstić information content (AvgIpc) is 2.63. The Balaban J connectivity index is 2.20. The molecule has 2 N–H and O–H groups in total. The number of hydrogen-bond donors (Lipinski definition) is 2. The zero-order chi connectivity index (χ0) is 21.4. The molecule has 0 atom stereocenters. The van der Waals surface area contributed by atoms with E-state index in [2.05, 4.69) is 6.08 Å². The standard InChI is InChI=1S/C22H26O7/c1-14(2)6-4-7-15(3)10-12-28-21-20(25)19-16(27-13-11-18(23)24)8-5-9-17(19)29-22(21)26/h5-6,8-10,25H,4,7,11-13H2,1-3H3,(H,23,24)/b15-10+. The van der Waals surface area contributed by atoms with Gasteiger partial charge in [-0.3, -0.25) is 4.79 Å². The summed E-state index contributed by atoms with van der Waals surface area (Å²) in [7, 11) is 0. The Morgan fingerprint density at radius 1 is 1.14 bits per heavy atom. The molecular weight excluding hydrogens is 376 g/mol. The molecule has 29 heavy (non-hydrogen) atoms. The van der Waals surface area contributed by atoms with Crippen molar-refractivity contribution in [1.82, 2.24) is 0 Å². The normalized spacial score (nSPS) is 11.3. The fraction of sp³-hybridized carbons (Fsp3) is 0.364. The Morgan fingerprint density at radius 3 is 2.59 bits per heavy atom. The minimum Gasteiger partial charge on any atom is -0.503 e. The third-order valence-electron chi connectivity index (χ3n) is 4.15. The van der Waals surface area contributed by atoms with Gasteiger partial charge in [0.2, 0.25) is 5.75 Å². The van der Waals surface area contributed by atoms with Crippen LogP contribution in [0.15, 0.2) is 50.7 Å². The van der Waals surface area contributed by atoms with E-state index >= 15 is 0 Å². The summed E-state index contributed by atoms with van der Waals surface area (Å²) in [6, 6.07) is 4.65. The number of fused-ring (bicyclic) bond motifs is 1. The number of ether oxygens (including phenoxy) is 2. The number of hydrogen-bond acceptors (Lipinski definition) is 6. The molecule has 1 aromatic heterocycles. The van der Waals surface area contributed by atoms with Crippen LogP contribution in [-0.4, -0.2) is 29.4 Å². The van der Waals surface area contributed by atoms with E-state index < -0.39 is 17.3 Å². The maximum atomic E-state index is 12.2. The first-order valence-electron chi connectivity index (χ1n) is 9.34. The molecule has 0 aliphatic heterocycles. The molecule has 2 aromatic rings. The van der Waals surface area contributed by atoms with Gasteiger partial charge < -0.3 is 24.1 Å². The first-order chi connectivity index (χ1) is 13.8. The summed E-state index contributed by atoms with van der Waals surface area (Å²) in [6.45, 7) is 6.08. The van der Waals surface area contributed by atoms with Crippen molar-refractivity contribution in [2.24, 2.45) is 0 Å². The number of carboxylic acids is 1. The highest BCUT2D eigenvalue weighted by Gasteiger charge is 2.19. The lowest BCUT2D eigenvalue weighted by Gasteiger charge is -2.11. The van der Waals surface area contributed by atoms with Crippen LogP contribution >= 0.6 is 0 Å². The second-order valence-corrected chi connectivity index (χ2v) is 6.87. The van der Waals surface area contributed by atoms with Gasteiger partial charge in [-0.2, -0.15) is 0 Å². The zero-order valence-corrected chi connectivity index (χ0v) is 16.9. The van der Waals surface area contributed by atoms with Gasteiger partial charge in [-0.25, -0.2) is 4.79 Å². The summed E-state index contributed by atoms with van der Waals surface area (Å²) in [4.78, 5) is 22.9. The number of aliphatic carboxylic acids is 1. The molecule has 0 bridgehead atoms. The van der Waals surface area contributed by atoms with Gasteiger partial charge in [-0.15, -0.1) is 0 Å². The van der Waals surface area contributed by atoms with Crippen molar-refractivity contribution in [3.63, 3.8) is 0 Å². The Kier molecular flexibility index (Phi) is 7.88. The number of benzene rings is 1. The minimum absolute atomic E-state index is 0.0865. The van der Waals surface area contributed by atoms with E-state index in [0.29, 0.717) is 0 Å². The van der Waals surface area contributed by atoms with Gasteiger partial charge in [0.05, 0.1) is 13.0 Å². The van der Waals surface area contributed by atoms with Crippen LogP contribution in [0.2, 0.25) is 0 Å². The Bertz CT molecular complexity index is 979. The fourth-order valence-corrected chi connectivity index (χ4v) is 2.64. The molecule has 156 valence electrons. The minimum atomic E-state index is -1.00. The summed E-state index contributed by atoms with van der Waals surface area (Å²) in [6.07, 6.45) is 5.58. The van der Waals surface area contributed by atoms with E-state index in [1.165, 1.54) is 11.6 Å². The third-order valence-corrected chi connectivity index (χ3v) is 4.15. The van der Waals surface area contributed by atoms with E-state index in [0.717, 1.165) is 18.4 Å². The number of rotatable bonds is 10. The summed E-state index contributed by atoms with van der Waals surface area (Å²) >= 11 is 0. The monoisotopic (exact) mass is 402 g/mol. The van der Waals surface area contributed by atoms with Crippen molar-refractivity contribution in [2.45, 2.75) is 40.0 Å². The van der Waals surface area contributed by atoms with Crippen LogP contribution in [0.25, 0.3) is 11.0 Å². The number of allylic oxidation sites excluding steroid dienone is 3. The number of aromatic hydroxyl groups is 1. The second kappa shape index (κ2) is 10.4. The summed E-state index contributed by atoms with van der Waals surface area (Å²) in [5, 5.41) is 19.5. The molecule has 0 aliphatic rings. The highest BCUT2D eigenvalue weighted by atomic mass is 16.5. The second-order valence-electron chi connectivity index (χ2n) is 6.87. The molecule has 1 heterocycles.